The molecule has 0 atom stereocenters. The number of rotatable bonds is 8. The Hall–Kier alpha value is -2.98. The average Bonchev–Trinajstić information content (AvgIpc) is 3.51. The number of sulfonamides is 1. The number of anilines is 2. The summed E-state index contributed by atoms with van der Waals surface area (Å²) >= 11 is 0. The summed E-state index contributed by atoms with van der Waals surface area (Å²) in [6, 6.07) is 8.16. The third-order valence-electron chi connectivity index (χ3n) is 6.18. The predicted octanol–water partition coefficient (Wildman–Crippen LogP) is 3.66. The number of aromatic amines is 1. The number of carbonyl (C=O) groups is 1. The van der Waals surface area contributed by atoms with Gasteiger partial charge in [-0.25, -0.2) is 17.8 Å². The number of pyridine rings is 1. The van der Waals surface area contributed by atoms with Gasteiger partial charge in [0.15, 0.2) is 0 Å². The summed E-state index contributed by atoms with van der Waals surface area (Å²) < 4.78 is 47.8. The van der Waals surface area contributed by atoms with Gasteiger partial charge in [0.2, 0.25) is 16.4 Å². The van der Waals surface area contributed by atoms with Gasteiger partial charge in [0.25, 0.3) is 0 Å². The van der Waals surface area contributed by atoms with Crippen molar-refractivity contribution in [2.75, 3.05) is 28.6 Å². The summed E-state index contributed by atoms with van der Waals surface area (Å²) in [5.41, 5.74) is 1.78. The van der Waals surface area contributed by atoms with Crippen LogP contribution in [-0.2, 0) is 19.6 Å². The molecule has 0 unspecified atom stereocenters. The number of nitrogens with one attached hydrogen (secondary N) is 2. The van der Waals surface area contributed by atoms with Crippen molar-refractivity contribution in [3.63, 3.8) is 0 Å². The number of fused-ring (bicyclic) bond motifs is 1. The number of ether oxygens (including phenoxy) is 1. The van der Waals surface area contributed by atoms with E-state index >= 15 is 0 Å². The molecule has 2 aliphatic rings. The van der Waals surface area contributed by atoms with E-state index in [4.69, 9.17) is 4.74 Å². The van der Waals surface area contributed by atoms with E-state index in [1.54, 1.807) is 23.2 Å². The Labute approximate surface area is 191 Å². The van der Waals surface area contributed by atoms with Crippen molar-refractivity contribution >= 4 is 39.0 Å². The van der Waals surface area contributed by atoms with Crippen LogP contribution in [0.5, 0.6) is 0 Å². The molecule has 1 amide bonds. The van der Waals surface area contributed by atoms with Crippen LogP contribution in [0, 0.1) is 11.7 Å². The van der Waals surface area contributed by atoms with E-state index in [2.05, 4.69) is 14.7 Å². The van der Waals surface area contributed by atoms with Gasteiger partial charge in [-0.2, -0.15) is 0 Å². The normalized spacial score (nSPS) is 17.2. The highest BCUT2D eigenvalue weighted by Gasteiger charge is 2.30. The minimum Gasteiger partial charge on any atom is -0.381 e. The highest BCUT2D eigenvalue weighted by molar-refractivity contribution is 7.92. The van der Waals surface area contributed by atoms with Crippen LogP contribution in [-0.4, -0.2) is 49.8 Å². The minimum atomic E-state index is -3.69. The minimum absolute atomic E-state index is 0.00271. The molecule has 1 saturated carbocycles. The summed E-state index contributed by atoms with van der Waals surface area (Å²) in [7, 11) is -3.69. The van der Waals surface area contributed by atoms with Crippen molar-refractivity contribution in [3.8, 4) is 11.1 Å². The van der Waals surface area contributed by atoms with E-state index in [9.17, 15) is 17.6 Å². The number of aromatic nitrogens is 2. The Balaban J connectivity index is 1.43. The molecule has 2 fully saturated rings. The summed E-state index contributed by atoms with van der Waals surface area (Å²) in [5, 5.41) is 0.785. The van der Waals surface area contributed by atoms with E-state index < -0.39 is 15.8 Å². The lowest BCUT2D eigenvalue weighted by Gasteiger charge is -2.22. The van der Waals surface area contributed by atoms with Crippen LogP contribution >= 0.6 is 0 Å². The second-order valence-electron chi connectivity index (χ2n) is 8.65. The van der Waals surface area contributed by atoms with Crippen LogP contribution in [0.25, 0.3) is 22.2 Å². The fourth-order valence-electron chi connectivity index (χ4n) is 4.27. The lowest BCUT2D eigenvalue weighted by atomic mass is 10.0. The highest BCUT2D eigenvalue weighted by Crippen LogP contribution is 2.36. The van der Waals surface area contributed by atoms with Crippen LogP contribution in [0.4, 0.5) is 15.9 Å². The van der Waals surface area contributed by atoms with Gasteiger partial charge in [0.05, 0.1) is 11.4 Å². The molecule has 2 N–H and O–H groups in total. The number of H-pyrrole nitrogens is 1. The average molecular weight is 473 g/mol. The predicted molar refractivity (Wildman–Crippen MR) is 124 cm³/mol. The molecule has 1 aliphatic heterocycles. The first-order valence-electron chi connectivity index (χ1n) is 11.0. The monoisotopic (exact) mass is 472 g/mol. The van der Waals surface area contributed by atoms with Gasteiger partial charge in [-0.05, 0) is 67.0 Å². The van der Waals surface area contributed by atoms with Crippen molar-refractivity contribution < 1.29 is 22.3 Å². The fourth-order valence-corrected chi connectivity index (χ4v) is 5.81. The number of hydrogen-bond acceptors (Lipinski definition) is 5. The molecule has 1 aromatic carbocycles. The molecule has 1 aliphatic carbocycles. The van der Waals surface area contributed by atoms with Crippen molar-refractivity contribution in [1.29, 1.82) is 0 Å². The van der Waals surface area contributed by atoms with Crippen LogP contribution < -0.4 is 9.62 Å². The zero-order chi connectivity index (χ0) is 23.0. The molecular formula is C23H25FN4O4S. The molecule has 2 aromatic heterocycles. The first-order valence-corrected chi connectivity index (χ1v) is 12.7. The maximum Gasteiger partial charge on any atom is 0.233 e. The van der Waals surface area contributed by atoms with E-state index in [0.717, 1.165) is 24.6 Å². The molecule has 5 rings (SSSR count). The Morgan fingerprint density at radius 1 is 1.18 bits per heavy atom. The molecular weight excluding hydrogens is 447 g/mol. The largest absolute Gasteiger partial charge is 0.381 e. The van der Waals surface area contributed by atoms with Gasteiger partial charge in [-0.3, -0.25) is 14.4 Å². The van der Waals surface area contributed by atoms with E-state index in [1.807, 2.05) is 6.07 Å². The first kappa shape index (κ1) is 21.8. The summed E-state index contributed by atoms with van der Waals surface area (Å²) in [6.45, 7) is 1.10. The summed E-state index contributed by atoms with van der Waals surface area (Å²) in [4.78, 5) is 20.8. The van der Waals surface area contributed by atoms with Gasteiger partial charge < -0.3 is 9.72 Å². The van der Waals surface area contributed by atoms with Crippen molar-refractivity contribution in [2.24, 2.45) is 5.92 Å². The second kappa shape index (κ2) is 8.75. The first-order chi connectivity index (χ1) is 15.9. The van der Waals surface area contributed by atoms with Gasteiger partial charge in [-0.1, -0.05) is 6.07 Å². The molecule has 3 aromatic rings. The van der Waals surface area contributed by atoms with E-state index in [0.29, 0.717) is 48.6 Å². The molecule has 1 saturated heterocycles. The van der Waals surface area contributed by atoms with E-state index in [1.165, 1.54) is 12.1 Å². The molecule has 10 heteroatoms. The fraction of sp³-hybridized carbons (Fsp3) is 0.391. The van der Waals surface area contributed by atoms with Gasteiger partial charge >= 0.3 is 0 Å². The maximum absolute atomic E-state index is 15.0. The quantitative estimate of drug-likeness (QED) is 0.487. The Bertz CT molecular complexity index is 1280. The Kier molecular flexibility index (Phi) is 5.79. The molecule has 174 valence electrons. The number of nitrogens with zero attached hydrogens (tertiary/aromatic N) is 2. The van der Waals surface area contributed by atoms with Gasteiger partial charge in [0, 0.05) is 30.8 Å². The zero-order valence-electron chi connectivity index (χ0n) is 18.0. The number of halogens is 1. The number of hydrogen-bond donors (Lipinski definition) is 2. The molecule has 33 heavy (non-hydrogen) atoms. The second-order valence-corrected chi connectivity index (χ2v) is 10.4. The van der Waals surface area contributed by atoms with Crippen molar-refractivity contribution in [3.05, 3.63) is 42.3 Å². The summed E-state index contributed by atoms with van der Waals surface area (Å²) in [6.07, 6.45) is 5.72. The van der Waals surface area contributed by atoms with Crippen LogP contribution in [0.15, 0.2) is 36.5 Å². The van der Waals surface area contributed by atoms with Gasteiger partial charge in [-0.15, -0.1) is 0 Å². The zero-order valence-corrected chi connectivity index (χ0v) is 18.8. The third kappa shape index (κ3) is 4.72. The number of benzene rings is 1. The molecule has 3 heterocycles. The summed E-state index contributed by atoms with van der Waals surface area (Å²) in [5.74, 6) is -0.223. The SMILES string of the molecule is O=CN(c1cc(-c2ccc(NS(=O)(=O)CC3CCOCC3)c(F)c2)c2cc[nH]c2n1)C1CC1. The lowest BCUT2D eigenvalue weighted by molar-refractivity contribution is -0.107. The Morgan fingerprint density at radius 2 is 1.97 bits per heavy atom. The van der Waals surface area contributed by atoms with Crippen LogP contribution in [0.3, 0.4) is 0 Å². The smallest absolute Gasteiger partial charge is 0.233 e. The molecule has 0 bridgehead atoms. The van der Waals surface area contributed by atoms with Crippen molar-refractivity contribution in [2.45, 2.75) is 31.7 Å². The van der Waals surface area contributed by atoms with Crippen LogP contribution in [0.2, 0.25) is 0 Å². The Morgan fingerprint density at radius 3 is 2.67 bits per heavy atom. The number of carbonyl (C=O) groups excluding carboxylic acids is 1. The molecule has 0 spiro atoms. The maximum atomic E-state index is 15.0. The van der Waals surface area contributed by atoms with Gasteiger partial charge in [0.1, 0.15) is 17.3 Å². The third-order valence-corrected chi connectivity index (χ3v) is 7.62. The topological polar surface area (TPSA) is 104 Å². The number of amides is 1. The highest BCUT2D eigenvalue weighted by atomic mass is 32.2. The molecule has 8 nitrogen and oxygen atoms in total. The van der Waals surface area contributed by atoms with Crippen LogP contribution in [0.1, 0.15) is 25.7 Å². The van der Waals surface area contributed by atoms with Crippen molar-refractivity contribution in [1.82, 2.24) is 9.97 Å². The lowest BCUT2D eigenvalue weighted by Crippen LogP contribution is -2.27. The standard InChI is InChI=1S/C23H25FN4O4S/c24-20-11-16(1-4-21(20)27-33(30,31)13-15-6-9-32-10-7-15)19-12-22(28(14-29)17-2-3-17)26-23-18(19)5-8-25-23/h1,4-5,8,11-12,14-15,17,27H,2-3,6-7,9-10,13H2,(H,25,26). The van der Waals surface area contributed by atoms with E-state index in [-0.39, 0.29) is 23.4 Å². The molecule has 0 radical (unpaired) electrons.